The Bertz CT molecular complexity index is 4560. The maximum absolute atomic E-state index is 5.62. The number of hydrogen-bond donors (Lipinski definition) is 1. The van der Waals surface area contributed by atoms with Crippen LogP contribution in [0.15, 0.2) is 247 Å². The van der Waals surface area contributed by atoms with Crippen LogP contribution in [0, 0.1) is 0 Å². The van der Waals surface area contributed by atoms with E-state index in [2.05, 4.69) is 251 Å². The molecule has 1 N–H and O–H groups in total. The zero-order chi connectivity index (χ0) is 46.6. The Labute approximate surface area is 412 Å². The number of fused-ring (bicyclic) bond motifs is 11. The van der Waals surface area contributed by atoms with Gasteiger partial charge in [-0.3, -0.25) is 0 Å². The Morgan fingerprint density at radius 1 is 0.423 bits per heavy atom. The first-order valence-corrected chi connectivity index (χ1v) is 25.0. The fraction of sp³-hybridized carbons (Fsp3) is 0.0154. The van der Waals surface area contributed by atoms with E-state index in [1.54, 1.807) is 0 Å². The van der Waals surface area contributed by atoms with Crippen molar-refractivity contribution in [3.05, 3.63) is 253 Å². The van der Waals surface area contributed by atoms with Crippen molar-refractivity contribution in [2.24, 2.45) is 9.98 Å². The van der Waals surface area contributed by atoms with Crippen molar-refractivity contribution in [2.75, 3.05) is 0 Å². The molecule has 0 radical (unpaired) electrons. The van der Waals surface area contributed by atoms with Crippen molar-refractivity contribution < 1.29 is 0 Å². The lowest BCUT2D eigenvalue weighted by Crippen LogP contribution is -2.34. The molecule has 14 aromatic rings. The Balaban J connectivity index is 1.04. The van der Waals surface area contributed by atoms with Crippen molar-refractivity contribution in [2.45, 2.75) is 6.17 Å². The van der Waals surface area contributed by atoms with E-state index in [1.807, 2.05) is 11.3 Å². The first-order valence-electron chi connectivity index (χ1n) is 24.2. The molecule has 6 heteroatoms. The van der Waals surface area contributed by atoms with Gasteiger partial charge in [0.2, 0.25) is 0 Å². The molecular formula is C65H41N5S. The number of thiophene rings is 1. The van der Waals surface area contributed by atoms with Crippen molar-refractivity contribution in [3.8, 4) is 22.5 Å². The van der Waals surface area contributed by atoms with Gasteiger partial charge < -0.3 is 14.5 Å². The molecule has 1 unspecified atom stereocenters. The quantitative estimate of drug-likeness (QED) is 0.177. The predicted octanol–water partition coefficient (Wildman–Crippen LogP) is 16.7. The number of benzene rings is 11. The minimum Gasteiger partial charge on any atom is -0.344 e. The van der Waals surface area contributed by atoms with Gasteiger partial charge >= 0.3 is 0 Å². The van der Waals surface area contributed by atoms with Gasteiger partial charge in [-0.05, 0) is 99.9 Å². The fourth-order valence-corrected chi connectivity index (χ4v) is 12.6. The third kappa shape index (κ3) is 6.18. The first-order chi connectivity index (χ1) is 35.2. The number of rotatable bonds is 6. The molecule has 0 saturated heterocycles. The highest BCUT2D eigenvalue weighted by Gasteiger charge is 2.27. The summed E-state index contributed by atoms with van der Waals surface area (Å²) in [5, 5.41) is 16.0. The lowest BCUT2D eigenvalue weighted by Gasteiger charge is -2.25. The molecule has 1 aliphatic heterocycles. The maximum Gasteiger partial charge on any atom is 0.159 e. The Kier molecular flexibility index (Phi) is 8.82. The largest absolute Gasteiger partial charge is 0.344 e. The van der Waals surface area contributed by atoms with E-state index >= 15 is 0 Å². The monoisotopic (exact) mass is 923 g/mol. The van der Waals surface area contributed by atoms with E-state index in [-0.39, 0.29) is 0 Å². The summed E-state index contributed by atoms with van der Waals surface area (Å²) in [7, 11) is 0. The molecule has 332 valence electrons. The molecule has 0 amide bonds. The van der Waals surface area contributed by atoms with E-state index < -0.39 is 6.17 Å². The molecule has 3 aromatic heterocycles. The second-order valence-electron chi connectivity index (χ2n) is 18.5. The number of nitrogens with one attached hydrogen (secondary N) is 1. The number of para-hydroxylation sites is 4. The van der Waals surface area contributed by atoms with E-state index in [0.29, 0.717) is 5.84 Å². The normalized spacial score (nSPS) is 14.1. The number of aliphatic imine (C=N–C) groups is 2. The summed E-state index contributed by atoms with van der Waals surface area (Å²) in [5.41, 5.74) is 12.1. The van der Waals surface area contributed by atoms with Gasteiger partial charge in [0.1, 0.15) is 12.0 Å². The topological polar surface area (TPSA) is 46.6 Å². The van der Waals surface area contributed by atoms with Gasteiger partial charge in [0.15, 0.2) is 5.84 Å². The summed E-state index contributed by atoms with van der Waals surface area (Å²) >= 11 is 1.86. The predicted molar refractivity (Wildman–Crippen MR) is 300 cm³/mol. The lowest BCUT2D eigenvalue weighted by atomic mass is 9.91. The van der Waals surface area contributed by atoms with E-state index in [1.165, 1.54) is 68.8 Å². The van der Waals surface area contributed by atoms with Crippen LogP contribution in [-0.2, 0) is 0 Å². The van der Waals surface area contributed by atoms with Gasteiger partial charge in [0, 0.05) is 69.7 Å². The van der Waals surface area contributed by atoms with Crippen LogP contribution in [0.2, 0.25) is 0 Å². The lowest BCUT2D eigenvalue weighted by molar-refractivity contribution is 0.674. The van der Waals surface area contributed by atoms with Crippen LogP contribution >= 0.6 is 11.3 Å². The van der Waals surface area contributed by atoms with E-state index in [0.717, 1.165) is 61.5 Å². The van der Waals surface area contributed by atoms with Crippen molar-refractivity contribution >= 4 is 108 Å². The second-order valence-corrected chi connectivity index (χ2v) is 19.6. The number of amidine groups is 2. The summed E-state index contributed by atoms with van der Waals surface area (Å²) in [4.78, 5) is 11.2. The minimum absolute atomic E-state index is 0.401. The van der Waals surface area contributed by atoms with Crippen molar-refractivity contribution in [3.63, 3.8) is 0 Å². The Morgan fingerprint density at radius 3 is 1.86 bits per heavy atom. The Morgan fingerprint density at radius 2 is 1.06 bits per heavy atom. The number of hydrogen-bond acceptors (Lipinski definition) is 4. The highest BCUT2D eigenvalue weighted by atomic mass is 32.1. The molecule has 0 bridgehead atoms. The van der Waals surface area contributed by atoms with Crippen molar-refractivity contribution in [1.82, 2.24) is 14.5 Å². The number of aromatic nitrogens is 2. The van der Waals surface area contributed by atoms with Gasteiger partial charge in [-0.25, -0.2) is 9.98 Å². The SMILES string of the molecule is c1ccc(C2N=C(c3ccc(-n4c5ccccc5c5cc6ccccc6cc54)c(-c4c5ccccc5cc5sc6ccccc6c45)c3)N=C(c3cccc4c5ccccc5n(-c5ccccc5)c34)N2)cc1. The highest BCUT2D eigenvalue weighted by Crippen LogP contribution is 2.48. The van der Waals surface area contributed by atoms with Crippen LogP contribution in [0.3, 0.4) is 0 Å². The third-order valence-corrected chi connectivity index (χ3v) is 15.6. The molecular weight excluding hydrogens is 883 g/mol. The van der Waals surface area contributed by atoms with Crippen LogP contribution in [0.4, 0.5) is 0 Å². The molecule has 0 saturated carbocycles. The van der Waals surface area contributed by atoms with Crippen LogP contribution in [0.1, 0.15) is 22.9 Å². The summed E-state index contributed by atoms with van der Waals surface area (Å²) < 4.78 is 7.40. The summed E-state index contributed by atoms with van der Waals surface area (Å²) in [6.45, 7) is 0. The molecule has 0 aliphatic carbocycles. The molecule has 71 heavy (non-hydrogen) atoms. The smallest absolute Gasteiger partial charge is 0.159 e. The zero-order valence-electron chi connectivity index (χ0n) is 38.3. The third-order valence-electron chi connectivity index (χ3n) is 14.5. The Hall–Kier alpha value is -9.10. The summed E-state index contributed by atoms with van der Waals surface area (Å²) in [5.74, 6) is 1.44. The summed E-state index contributed by atoms with van der Waals surface area (Å²) in [6.07, 6.45) is -0.401. The standard InChI is InChI=1S/C65H41N5S/c1-3-18-40(19-4-1)63-66-64(68-65(67-63)51-30-17-29-49-47-26-11-14-31-54(47)69(62(49)51)45-23-5-2-6-24-45)44-34-35-56(70-55-32-15-12-27-48(55)52-36-41-20-7-8-21-42(41)38-57(52)70)53(37-44)60-46-25-10-9-22-43(46)39-59-61(60)50-28-13-16-33-58(50)71-59/h1-39,63H,(H,66,67,68). The van der Waals surface area contributed by atoms with E-state index in [4.69, 9.17) is 9.98 Å². The molecule has 0 spiro atoms. The van der Waals surface area contributed by atoms with Crippen LogP contribution < -0.4 is 5.32 Å². The number of nitrogens with zero attached hydrogens (tertiary/aromatic N) is 4. The molecule has 4 heterocycles. The molecule has 1 aliphatic rings. The van der Waals surface area contributed by atoms with Crippen molar-refractivity contribution in [1.29, 1.82) is 0 Å². The van der Waals surface area contributed by atoms with Gasteiger partial charge in [-0.15, -0.1) is 11.3 Å². The molecule has 11 aromatic carbocycles. The van der Waals surface area contributed by atoms with Gasteiger partial charge in [0.25, 0.3) is 0 Å². The molecule has 1 atom stereocenters. The molecule has 15 rings (SSSR count). The van der Waals surface area contributed by atoms with E-state index in [9.17, 15) is 0 Å². The first kappa shape index (κ1) is 39.9. The zero-order valence-corrected chi connectivity index (χ0v) is 39.1. The van der Waals surface area contributed by atoms with Crippen LogP contribution in [0.25, 0.3) is 108 Å². The van der Waals surface area contributed by atoms with Gasteiger partial charge in [-0.2, -0.15) is 0 Å². The van der Waals surface area contributed by atoms with Gasteiger partial charge in [-0.1, -0.05) is 164 Å². The molecule has 0 fully saturated rings. The fourth-order valence-electron chi connectivity index (χ4n) is 11.4. The maximum atomic E-state index is 5.62. The minimum atomic E-state index is -0.401. The summed E-state index contributed by atoms with van der Waals surface area (Å²) in [6, 6.07) is 85.8. The average Bonchev–Trinajstić information content (AvgIpc) is 4.09. The second kappa shape index (κ2) is 15.7. The van der Waals surface area contributed by atoms with Crippen LogP contribution in [-0.4, -0.2) is 20.8 Å². The highest BCUT2D eigenvalue weighted by molar-refractivity contribution is 7.26. The van der Waals surface area contributed by atoms with Gasteiger partial charge in [0.05, 0.1) is 27.8 Å². The van der Waals surface area contributed by atoms with Crippen LogP contribution in [0.5, 0.6) is 0 Å². The average molecular weight is 924 g/mol. The molecule has 5 nitrogen and oxygen atoms in total.